The van der Waals surface area contributed by atoms with Crippen molar-refractivity contribution in [2.24, 2.45) is 0 Å². The van der Waals surface area contributed by atoms with Gasteiger partial charge < -0.3 is 28.6 Å². The monoisotopic (exact) mass is 385 g/mol. The van der Waals surface area contributed by atoms with Crippen LogP contribution in [0.3, 0.4) is 0 Å². The second-order valence-corrected chi connectivity index (χ2v) is 5.71. The van der Waals surface area contributed by atoms with E-state index in [-0.39, 0.29) is 11.3 Å². The average molecular weight is 385 g/mol. The van der Waals surface area contributed by atoms with Crippen molar-refractivity contribution in [1.82, 2.24) is 5.16 Å². The summed E-state index contributed by atoms with van der Waals surface area (Å²) in [6.07, 6.45) is 1.45. The van der Waals surface area contributed by atoms with Gasteiger partial charge >= 0.3 is 5.97 Å². The van der Waals surface area contributed by atoms with Crippen LogP contribution in [0.15, 0.2) is 41.1 Å². The van der Waals surface area contributed by atoms with Crippen molar-refractivity contribution in [3.8, 4) is 45.4 Å². The maximum Gasteiger partial charge on any atom is 0.339 e. The van der Waals surface area contributed by atoms with Crippen LogP contribution in [0.2, 0.25) is 0 Å². The molecule has 1 N–H and O–H groups in total. The van der Waals surface area contributed by atoms with Crippen molar-refractivity contribution in [2.75, 3.05) is 28.4 Å². The van der Waals surface area contributed by atoms with Crippen molar-refractivity contribution in [1.29, 1.82) is 0 Å². The standard InChI is InChI=1S/C20H19NO7/c1-24-15-6-5-11(7-13(15)20(22)23)14-10-28-21-18(14)12-8-16(25-2)19(27-4)17(9-12)26-3/h5-10H,1-4H3,(H,22,23). The molecule has 0 radical (unpaired) electrons. The van der Waals surface area contributed by atoms with Gasteiger partial charge in [-0.2, -0.15) is 0 Å². The SMILES string of the molecule is COc1ccc(-c2conc2-c2cc(OC)c(OC)c(OC)c2)cc1C(=O)O. The highest BCUT2D eigenvalue weighted by molar-refractivity contribution is 5.93. The first-order chi connectivity index (χ1) is 13.5. The van der Waals surface area contributed by atoms with Gasteiger partial charge in [0.1, 0.15) is 23.3 Å². The lowest BCUT2D eigenvalue weighted by Crippen LogP contribution is -2.00. The predicted octanol–water partition coefficient (Wildman–Crippen LogP) is 3.74. The van der Waals surface area contributed by atoms with Crippen molar-refractivity contribution < 1.29 is 33.4 Å². The summed E-state index contributed by atoms with van der Waals surface area (Å²) in [5.41, 5.74) is 2.42. The van der Waals surface area contributed by atoms with Crippen LogP contribution in [0.25, 0.3) is 22.4 Å². The lowest BCUT2D eigenvalue weighted by atomic mass is 9.99. The highest BCUT2D eigenvalue weighted by Gasteiger charge is 2.20. The Balaban J connectivity index is 2.16. The molecule has 0 unspecified atom stereocenters. The summed E-state index contributed by atoms with van der Waals surface area (Å²) >= 11 is 0. The second-order valence-electron chi connectivity index (χ2n) is 5.71. The topological polar surface area (TPSA) is 100 Å². The quantitative estimate of drug-likeness (QED) is 0.656. The molecule has 0 aliphatic rings. The lowest BCUT2D eigenvalue weighted by Gasteiger charge is -2.14. The smallest absolute Gasteiger partial charge is 0.339 e. The highest BCUT2D eigenvalue weighted by atomic mass is 16.5. The fraction of sp³-hybridized carbons (Fsp3) is 0.200. The maximum atomic E-state index is 11.5. The molecule has 0 atom stereocenters. The molecule has 0 aliphatic heterocycles. The summed E-state index contributed by atoms with van der Waals surface area (Å²) in [4.78, 5) is 11.5. The van der Waals surface area contributed by atoms with Gasteiger partial charge in [-0.15, -0.1) is 0 Å². The maximum absolute atomic E-state index is 11.5. The molecule has 1 aromatic heterocycles. The zero-order chi connectivity index (χ0) is 20.3. The van der Waals surface area contributed by atoms with Gasteiger partial charge in [-0.1, -0.05) is 11.2 Å². The molecule has 0 amide bonds. The number of nitrogens with zero attached hydrogens (tertiary/aromatic N) is 1. The van der Waals surface area contributed by atoms with Crippen LogP contribution in [0.1, 0.15) is 10.4 Å². The van der Waals surface area contributed by atoms with E-state index in [0.717, 1.165) is 0 Å². The van der Waals surface area contributed by atoms with Gasteiger partial charge in [-0.3, -0.25) is 0 Å². The first-order valence-electron chi connectivity index (χ1n) is 8.20. The van der Waals surface area contributed by atoms with E-state index in [1.54, 1.807) is 24.3 Å². The molecular formula is C20H19NO7. The fourth-order valence-electron chi connectivity index (χ4n) is 2.91. The minimum atomic E-state index is -1.09. The van der Waals surface area contributed by atoms with E-state index in [0.29, 0.717) is 39.6 Å². The van der Waals surface area contributed by atoms with E-state index in [1.165, 1.54) is 40.8 Å². The molecule has 0 saturated heterocycles. The summed E-state index contributed by atoms with van der Waals surface area (Å²) in [6, 6.07) is 8.31. The van der Waals surface area contributed by atoms with Gasteiger partial charge in [0.15, 0.2) is 11.5 Å². The molecule has 0 saturated carbocycles. The third-order valence-electron chi connectivity index (χ3n) is 4.25. The van der Waals surface area contributed by atoms with Crippen LogP contribution in [-0.2, 0) is 0 Å². The molecule has 28 heavy (non-hydrogen) atoms. The normalized spacial score (nSPS) is 10.4. The number of ether oxygens (including phenoxy) is 4. The van der Waals surface area contributed by atoms with E-state index >= 15 is 0 Å². The van der Waals surface area contributed by atoms with Crippen molar-refractivity contribution in [3.63, 3.8) is 0 Å². The number of benzene rings is 2. The van der Waals surface area contributed by atoms with E-state index in [4.69, 9.17) is 23.5 Å². The fourth-order valence-corrected chi connectivity index (χ4v) is 2.91. The van der Waals surface area contributed by atoms with E-state index < -0.39 is 5.97 Å². The van der Waals surface area contributed by atoms with Crippen molar-refractivity contribution >= 4 is 5.97 Å². The largest absolute Gasteiger partial charge is 0.496 e. The summed E-state index contributed by atoms with van der Waals surface area (Å²) in [6.45, 7) is 0. The molecule has 0 spiro atoms. The molecule has 8 heteroatoms. The number of aromatic nitrogens is 1. The number of carboxylic acid groups (broad SMARTS) is 1. The summed E-state index contributed by atoms with van der Waals surface area (Å²) in [5, 5.41) is 13.5. The van der Waals surface area contributed by atoms with Crippen molar-refractivity contribution in [2.45, 2.75) is 0 Å². The molecular weight excluding hydrogens is 366 g/mol. The Bertz CT molecular complexity index is 985. The summed E-state index contributed by atoms with van der Waals surface area (Å²) < 4.78 is 26.4. The third kappa shape index (κ3) is 3.32. The van der Waals surface area contributed by atoms with Gasteiger partial charge in [0, 0.05) is 11.1 Å². The number of rotatable bonds is 7. The number of methoxy groups -OCH3 is 4. The number of carboxylic acids is 1. The van der Waals surface area contributed by atoms with Crippen LogP contribution in [0, 0.1) is 0 Å². The Kier molecular flexibility index (Phi) is 5.39. The number of hydrogen-bond donors (Lipinski definition) is 1. The van der Waals surface area contributed by atoms with Gasteiger partial charge in [0.25, 0.3) is 0 Å². The predicted molar refractivity (Wildman–Crippen MR) is 101 cm³/mol. The Labute approximate surface area is 161 Å². The number of hydrogen-bond acceptors (Lipinski definition) is 7. The van der Waals surface area contributed by atoms with Gasteiger partial charge in [-0.25, -0.2) is 4.79 Å². The van der Waals surface area contributed by atoms with Gasteiger partial charge in [0.2, 0.25) is 5.75 Å². The first-order valence-corrected chi connectivity index (χ1v) is 8.20. The molecule has 8 nitrogen and oxygen atoms in total. The van der Waals surface area contributed by atoms with E-state index in [2.05, 4.69) is 5.16 Å². The Morgan fingerprint density at radius 3 is 2.07 bits per heavy atom. The number of aromatic carboxylic acids is 1. The van der Waals surface area contributed by atoms with E-state index in [9.17, 15) is 9.90 Å². The van der Waals surface area contributed by atoms with Crippen LogP contribution < -0.4 is 18.9 Å². The molecule has 3 rings (SSSR count). The van der Waals surface area contributed by atoms with Crippen LogP contribution in [0.4, 0.5) is 0 Å². The Hall–Kier alpha value is -3.68. The minimum Gasteiger partial charge on any atom is -0.496 e. The van der Waals surface area contributed by atoms with Crippen LogP contribution in [0.5, 0.6) is 23.0 Å². The van der Waals surface area contributed by atoms with E-state index in [1.807, 2.05) is 0 Å². The first kappa shape index (κ1) is 19.1. The summed E-state index contributed by atoms with van der Waals surface area (Å²) in [5.74, 6) is 0.557. The Morgan fingerprint density at radius 2 is 1.54 bits per heavy atom. The van der Waals surface area contributed by atoms with Crippen LogP contribution in [-0.4, -0.2) is 44.7 Å². The average Bonchev–Trinajstić information content (AvgIpc) is 3.21. The lowest BCUT2D eigenvalue weighted by molar-refractivity contribution is 0.0693. The molecule has 1 heterocycles. The van der Waals surface area contributed by atoms with Crippen LogP contribution >= 0.6 is 0 Å². The second kappa shape index (κ2) is 7.91. The van der Waals surface area contributed by atoms with Gasteiger partial charge in [-0.05, 0) is 29.8 Å². The molecule has 0 aliphatic carbocycles. The molecule has 2 aromatic carbocycles. The molecule has 146 valence electrons. The van der Waals surface area contributed by atoms with Gasteiger partial charge in [0.05, 0.1) is 28.4 Å². The minimum absolute atomic E-state index is 0.0389. The number of carbonyl (C=O) groups is 1. The Morgan fingerprint density at radius 1 is 0.893 bits per heavy atom. The zero-order valence-electron chi connectivity index (χ0n) is 15.8. The van der Waals surface area contributed by atoms with Crippen molar-refractivity contribution in [3.05, 3.63) is 42.2 Å². The molecule has 0 fully saturated rings. The molecule has 3 aromatic rings. The summed E-state index contributed by atoms with van der Waals surface area (Å²) in [7, 11) is 5.98. The third-order valence-corrected chi connectivity index (χ3v) is 4.25. The highest BCUT2D eigenvalue weighted by Crippen LogP contribution is 2.43. The molecule has 0 bridgehead atoms. The zero-order valence-corrected chi connectivity index (χ0v) is 15.8.